The van der Waals surface area contributed by atoms with Crippen LogP contribution in [0.5, 0.6) is 11.5 Å². The van der Waals surface area contributed by atoms with Crippen molar-refractivity contribution in [1.29, 1.82) is 0 Å². The van der Waals surface area contributed by atoms with Gasteiger partial charge in [-0.25, -0.2) is 0 Å². The number of hydrogen-bond acceptors (Lipinski definition) is 5. The molecular weight excluding hydrogens is 270 g/mol. The molecule has 0 aliphatic rings. The first kappa shape index (κ1) is 17.3. The van der Waals surface area contributed by atoms with Gasteiger partial charge in [-0.15, -0.1) is 0 Å². The maximum atomic E-state index is 11.3. The van der Waals surface area contributed by atoms with Crippen molar-refractivity contribution < 1.29 is 19.0 Å². The van der Waals surface area contributed by atoms with Gasteiger partial charge in [-0.05, 0) is 30.5 Å². The van der Waals surface area contributed by atoms with E-state index in [4.69, 9.17) is 15.2 Å². The number of esters is 1. The first-order valence-corrected chi connectivity index (χ1v) is 7.25. The Labute approximate surface area is 126 Å². The third kappa shape index (κ3) is 5.63. The second-order valence-corrected chi connectivity index (χ2v) is 4.87. The zero-order valence-corrected chi connectivity index (χ0v) is 13.1. The summed E-state index contributed by atoms with van der Waals surface area (Å²) in [7, 11) is 2.92. The molecule has 21 heavy (non-hydrogen) atoms. The minimum Gasteiger partial charge on any atom is -0.493 e. The number of ether oxygens (including phenoxy) is 3. The van der Waals surface area contributed by atoms with Crippen molar-refractivity contribution in [3.8, 4) is 11.5 Å². The van der Waals surface area contributed by atoms with Crippen LogP contribution in [0, 0.1) is 0 Å². The van der Waals surface area contributed by atoms with Gasteiger partial charge in [-0.3, -0.25) is 4.79 Å². The van der Waals surface area contributed by atoms with Gasteiger partial charge in [0, 0.05) is 0 Å². The largest absolute Gasteiger partial charge is 0.493 e. The summed E-state index contributed by atoms with van der Waals surface area (Å²) in [6.07, 6.45) is 3.73. The number of hydrogen-bond donors (Lipinski definition) is 1. The highest BCUT2D eigenvalue weighted by atomic mass is 16.5. The average molecular weight is 295 g/mol. The lowest BCUT2D eigenvalue weighted by atomic mass is 10.1. The van der Waals surface area contributed by atoms with Crippen molar-refractivity contribution in [2.75, 3.05) is 20.8 Å². The van der Waals surface area contributed by atoms with E-state index >= 15 is 0 Å². The second kappa shape index (κ2) is 9.23. The van der Waals surface area contributed by atoms with Crippen LogP contribution in [-0.2, 0) is 16.0 Å². The van der Waals surface area contributed by atoms with Crippen molar-refractivity contribution in [1.82, 2.24) is 0 Å². The van der Waals surface area contributed by atoms with Gasteiger partial charge in [-0.2, -0.15) is 0 Å². The molecule has 0 aromatic heterocycles. The van der Waals surface area contributed by atoms with E-state index in [0.29, 0.717) is 24.5 Å². The molecule has 1 unspecified atom stereocenters. The van der Waals surface area contributed by atoms with Crippen molar-refractivity contribution in [3.05, 3.63) is 23.8 Å². The van der Waals surface area contributed by atoms with Crippen LogP contribution in [0.15, 0.2) is 18.2 Å². The molecule has 1 rings (SSSR count). The maximum absolute atomic E-state index is 11.3. The first-order valence-electron chi connectivity index (χ1n) is 7.25. The number of benzene rings is 1. The summed E-state index contributed by atoms with van der Waals surface area (Å²) in [6.45, 7) is 2.82. The molecule has 118 valence electrons. The highest BCUT2D eigenvalue weighted by Gasteiger charge is 2.15. The van der Waals surface area contributed by atoms with E-state index < -0.39 is 12.0 Å². The maximum Gasteiger partial charge on any atom is 0.322 e. The predicted octanol–water partition coefficient (Wildman–Crippen LogP) is 2.31. The highest BCUT2D eigenvalue weighted by Crippen LogP contribution is 2.28. The number of nitrogens with two attached hydrogens (primary N) is 1. The summed E-state index contributed by atoms with van der Waals surface area (Å²) in [4.78, 5) is 11.3. The van der Waals surface area contributed by atoms with Crippen molar-refractivity contribution in [2.45, 2.75) is 38.6 Å². The van der Waals surface area contributed by atoms with Gasteiger partial charge in [-0.1, -0.05) is 25.8 Å². The summed E-state index contributed by atoms with van der Waals surface area (Å²) in [5, 5.41) is 0. The van der Waals surface area contributed by atoms with Crippen molar-refractivity contribution in [3.63, 3.8) is 0 Å². The van der Waals surface area contributed by atoms with E-state index in [1.807, 2.05) is 18.2 Å². The Kier molecular flexibility index (Phi) is 7.61. The monoisotopic (exact) mass is 295 g/mol. The lowest BCUT2D eigenvalue weighted by molar-refractivity contribution is -0.142. The van der Waals surface area contributed by atoms with Crippen molar-refractivity contribution >= 4 is 5.97 Å². The summed E-state index contributed by atoms with van der Waals surface area (Å²) >= 11 is 0. The third-order valence-corrected chi connectivity index (χ3v) is 3.19. The Hall–Kier alpha value is -1.75. The van der Waals surface area contributed by atoms with Gasteiger partial charge >= 0.3 is 5.97 Å². The topological polar surface area (TPSA) is 70.8 Å². The minimum atomic E-state index is -0.670. The second-order valence-electron chi connectivity index (χ2n) is 4.87. The fourth-order valence-corrected chi connectivity index (χ4v) is 1.98. The SMILES string of the molecule is CCCCCOc1ccc(CC(N)C(=O)OC)cc1OC. The molecule has 5 heteroatoms. The summed E-state index contributed by atoms with van der Waals surface area (Å²) in [5.74, 6) is 0.943. The van der Waals surface area contributed by atoms with Crippen LogP contribution >= 0.6 is 0 Å². The molecule has 0 bridgehead atoms. The fraction of sp³-hybridized carbons (Fsp3) is 0.562. The van der Waals surface area contributed by atoms with E-state index in [9.17, 15) is 4.79 Å². The summed E-state index contributed by atoms with van der Waals surface area (Å²) in [5.41, 5.74) is 6.66. The average Bonchev–Trinajstić information content (AvgIpc) is 2.51. The molecule has 0 heterocycles. The van der Waals surface area contributed by atoms with Crippen molar-refractivity contribution in [2.24, 2.45) is 5.73 Å². The molecule has 1 aromatic rings. The highest BCUT2D eigenvalue weighted by molar-refractivity contribution is 5.75. The molecule has 0 saturated carbocycles. The van der Waals surface area contributed by atoms with E-state index in [1.165, 1.54) is 7.11 Å². The fourth-order valence-electron chi connectivity index (χ4n) is 1.98. The minimum absolute atomic E-state index is 0.402. The molecule has 1 atom stereocenters. The molecule has 0 amide bonds. The molecule has 5 nitrogen and oxygen atoms in total. The van der Waals surface area contributed by atoms with Gasteiger partial charge in [0.05, 0.1) is 20.8 Å². The van der Waals surface area contributed by atoms with E-state index in [1.54, 1.807) is 7.11 Å². The molecule has 0 aliphatic heterocycles. The Balaban J connectivity index is 2.67. The zero-order valence-electron chi connectivity index (χ0n) is 13.1. The molecule has 0 fully saturated rings. The Bertz CT molecular complexity index is 448. The normalized spacial score (nSPS) is 11.8. The summed E-state index contributed by atoms with van der Waals surface area (Å²) in [6, 6.07) is 4.92. The Morgan fingerprint density at radius 3 is 2.62 bits per heavy atom. The number of carbonyl (C=O) groups excluding carboxylic acids is 1. The molecular formula is C16H25NO4. The van der Waals surface area contributed by atoms with Crippen LogP contribution in [0.25, 0.3) is 0 Å². The molecule has 2 N–H and O–H groups in total. The lowest BCUT2D eigenvalue weighted by Gasteiger charge is -2.14. The predicted molar refractivity (Wildman–Crippen MR) is 81.7 cm³/mol. The van der Waals surface area contributed by atoms with Crippen LogP contribution in [-0.4, -0.2) is 32.8 Å². The number of methoxy groups -OCH3 is 2. The van der Waals surface area contributed by atoms with E-state index in [2.05, 4.69) is 11.7 Å². The van der Waals surface area contributed by atoms with Gasteiger partial charge < -0.3 is 19.9 Å². The smallest absolute Gasteiger partial charge is 0.322 e. The van der Waals surface area contributed by atoms with Crippen LogP contribution in [0.4, 0.5) is 0 Å². The quantitative estimate of drug-likeness (QED) is 0.559. The number of unbranched alkanes of at least 4 members (excludes halogenated alkanes) is 2. The van der Waals surface area contributed by atoms with Crippen LogP contribution < -0.4 is 15.2 Å². The van der Waals surface area contributed by atoms with E-state index in [-0.39, 0.29) is 0 Å². The molecule has 0 aliphatic carbocycles. The van der Waals surface area contributed by atoms with Crippen LogP contribution in [0.3, 0.4) is 0 Å². The molecule has 0 saturated heterocycles. The molecule has 1 aromatic carbocycles. The van der Waals surface area contributed by atoms with Gasteiger partial charge in [0.2, 0.25) is 0 Å². The molecule has 0 spiro atoms. The lowest BCUT2D eigenvalue weighted by Crippen LogP contribution is -2.33. The standard InChI is InChI=1S/C16H25NO4/c1-4-5-6-9-21-14-8-7-12(11-15(14)19-2)10-13(17)16(18)20-3/h7-8,11,13H,4-6,9-10,17H2,1-3H3. The third-order valence-electron chi connectivity index (χ3n) is 3.19. The van der Waals surface area contributed by atoms with Gasteiger partial charge in [0.15, 0.2) is 11.5 Å². The van der Waals surface area contributed by atoms with Gasteiger partial charge in [0.25, 0.3) is 0 Å². The summed E-state index contributed by atoms with van der Waals surface area (Å²) < 4.78 is 15.7. The molecule has 0 radical (unpaired) electrons. The Morgan fingerprint density at radius 1 is 1.24 bits per heavy atom. The zero-order chi connectivity index (χ0) is 15.7. The van der Waals surface area contributed by atoms with Crippen LogP contribution in [0.1, 0.15) is 31.7 Å². The van der Waals surface area contributed by atoms with E-state index in [0.717, 1.165) is 24.8 Å². The number of rotatable bonds is 9. The van der Waals surface area contributed by atoms with Gasteiger partial charge in [0.1, 0.15) is 6.04 Å². The Morgan fingerprint density at radius 2 is 2.00 bits per heavy atom. The number of carbonyl (C=O) groups is 1. The first-order chi connectivity index (χ1) is 10.1. The van der Waals surface area contributed by atoms with Crippen LogP contribution in [0.2, 0.25) is 0 Å².